The summed E-state index contributed by atoms with van der Waals surface area (Å²) >= 11 is 0. The van der Waals surface area contributed by atoms with E-state index in [0.29, 0.717) is 34.6 Å². The Balaban J connectivity index is 1.69. The SMILES string of the molecule is C=CCc1cc(/C=C2\C(=O)NC(=O)N(c3ccc(F)cc3)C2=O)cc(OC)c1OCc1cccc(F)c1. The molecule has 0 radical (unpaired) electrons. The molecule has 1 N–H and O–H groups in total. The first kappa shape index (κ1) is 25.3. The van der Waals surface area contributed by atoms with Gasteiger partial charge in [-0.15, -0.1) is 6.58 Å². The molecule has 4 rings (SSSR count). The number of carbonyl (C=O) groups excluding carboxylic acids is 3. The molecule has 4 amide bonds. The molecule has 0 atom stereocenters. The molecule has 188 valence electrons. The fourth-order valence-corrected chi connectivity index (χ4v) is 3.82. The van der Waals surface area contributed by atoms with E-state index in [-0.39, 0.29) is 23.7 Å². The highest BCUT2D eigenvalue weighted by atomic mass is 19.1. The molecule has 1 aliphatic rings. The number of nitrogens with one attached hydrogen (secondary N) is 1. The summed E-state index contributed by atoms with van der Waals surface area (Å²) in [6.45, 7) is 3.84. The zero-order valence-electron chi connectivity index (χ0n) is 19.8. The molecule has 0 saturated carbocycles. The van der Waals surface area contributed by atoms with Crippen LogP contribution < -0.4 is 19.7 Å². The molecule has 1 saturated heterocycles. The van der Waals surface area contributed by atoms with E-state index < -0.39 is 23.7 Å². The van der Waals surface area contributed by atoms with Gasteiger partial charge >= 0.3 is 6.03 Å². The summed E-state index contributed by atoms with van der Waals surface area (Å²) in [7, 11) is 1.44. The van der Waals surface area contributed by atoms with E-state index >= 15 is 0 Å². The Bertz CT molecular complexity index is 1420. The minimum absolute atomic E-state index is 0.0777. The Morgan fingerprint density at radius 3 is 2.43 bits per heavy atom. The summed E-state index contributed by atoms with van der Waals surface area (Å²) in [5.74, 6) is -1.94. The van der Waals surface area contributed by atoms with Crippen LogP contribution in [0.3, 0.4) is 0 Å². The largest absolute Gasteiger partial charge is 0.493 e. The van der Waals surface area contributed by atoms with E-state index in [1.54, 1.807) is 30.3 Å². The van der Waals surface area contributed by atoms with Gasteiger partial charge in [0.2, 0.25) is 0 Å². The topological polar surface area (TPSA) is 84.9 Å². The third-order valence-electron chi connectivity index (χ3n) is 5.51. The van der Waals surface area contributed by atoms with Gasteiger partial charge in [0.25, 0.3) is 11.8 Å². The van der Waals surface area contributed by atoms with Crippen molar-refractivity contribution in [2.45, 2.75) is 13.0 Å². The molecule has 0 aliphatic carbocycles. The normalized spacial score (nSPS) is 14.5. The first-order valence-corrected chi connectivity index (χ1v) is 11.2. The van der Waals surface area contributed by atoms with Crippen molar-refractivity contribution in [3.05, 3.63) is 107 Å². The van der Waals surface area contributed by atoms with Gasteiger partial charge in [-0.05, 0) is 72.2 Å². The Kier molecular flexibility index (Phi) is 7.43. The quantitative estimate of drug-likeness (QED) is 0.267. The molecule has 37 heavy (non-hydrogen) atoms. The van der Waals surface area contributed by atoms with Crippen LogP contribution in [0.25, 0.3) is 6.08 Å². The third kappa shape index (κ3) is 5.56. The minimum atomic E-state index is -0.940. The summed E-state index contributed by atoms with van der Waals surface area (Å²) in [5.41, 5.74) is 1.50. The van der Waals surface area contributed by atoms with Crippen LogP contribution in [-0.4, -0.2) is 25.0 Å². The molecular formula is C28H22F2N2O5. The molecule has 3 aromatic carbocycles. The second-order valence-corrected chi connectivity index (χ2v) is 8.06. The zero-order valence-corrected chi connectivity index (χ0v) is 19.8. The zero-order chi connectivity index (χ0) is 26.5. The predicted molar refractivity (Wildman–Crippen MR) is 133 cm³/mol. The lowest BCUT2D eigenvalue weighted by atomic mass is 10.0. The average molecular weight is 504 g/mol. The van der Waals surface area contributed by atoms with Crippen LogP contribution in [0.2, 0.25) is 0 Å². The van der Waals surface area contributed by atoms with Gasteiger partial charge in [-0.1, -0.05) is 18.2 Å². The number of halogens is 2. The maximum absolute atomic E-state index is 13.6. The van der Waals surface area contributed by atoms with Crippen molar-refractivity contribution in [1.82, 2.24) is 5.32 Å². The number of imide groups is 2. The van der Waals surface area contributed by atoms with E-state index in [9.17, 15) is 23.2 Å². The van der Waals surface area contributed by atoms with Crippen LogP contribution in [0.1, 0.15) is 16.7 Å². The number of methoxy groups -OCH3 is 1. The molecule has 0 aromatic heterocycles. The second-order valence-electron chi connectivity index (χ2n) is 8.06. The van der Waals surface area contributed by atoms with Crippen LogP contribution in [0.5, 0.6) is 11.5 Å². The fourth-order valence-electron chi connectivity index (χ4n) is 3.82. The molecular weight excluding hydrogens is 482 g/mol. The molecule has 1 heterocycles. The lowest BCUT2D eigenvalue weighted by molar-refractivity contribution is -0.122. The van der Waals surface area contributed by atoms with Crippen molar-refractivity contribution in [3.63, 3.8) is 0 Å². The first-order valence-electron chi connectivity index (χ1n) is 11.2. The number of barbiturate groups is 1. The number of rotatable bonds is 8. The van der Waals surface area contributed by atoms with Gasteiger partial charge in [0.05, 0.1) is 12.8 Å². The van der Waals surface area contributed by atoms with Crippen molar-refractivity contribution < 1.29 is 32.6 Å². The fraction of sp³-hybridized carbons (Fsp3) is 0.107. The van der Waals surface area contributed by atoms with Crippen molar-refractivity contribution in [3.8, 4) is 11.5 Å². The number of anilines is 1. The highest BCUT2D eigenvalue weighted by Crippen LogP contribution is 2.35. The van der Waals surface area contributed by atoms with Gasteiger partial charge in [0, 0.05) is 5.56 Å². The van der Waals surface area contributed by atoms with Crippen LogP contribution in [0.15, 0.2) is 78.9 Å². The Morgan fingerprint density at radius 1 is 1.00 bits per heavy atom. The van der Waals surface area contributed by atoms with E-state index in [2.05, 4.69) is 11.9 Å². The maximum atomic E-state index is 13.6. The number of nitrogens with zero attached hydrogens (tertiary/aromatic N) is 1. The molecule has 0 spiro atoms. The first-order chi connectivity index (χ1) is 17.8. The minimum Gasteiger partial charge on any atom is -0.493 e. The highest BCUT2D eigenvalue weighted by molar-refractivity contribution is 6.39. The Labute approximate surface area is 211 Å². The van der Waals surface area contributed by atoms with Gasteiger partial charge in [-0.2, -0.15) is 0 Å². The van der Waals surface area contributed by atoms with E-state index in [0.717, 1.165) is 17.0 Å². The number of amides is 4. The van der Waals surface area contributed by atoms with E-state index in [4.69, 9.17) is 9.47 Å². The van der Waals surface area contributed by atoms with Crippen LogP contribution in [-0.2, 0) is 22.6 Å². The number of urea groups is 1. The van der Waals surface area contributed by atoms with Crippen LogP contribution in [0.4, 0.5) is 19.3 Å². The van der Waals surface area contributed by atoms with Crippen LogP contribution >= 0.6 is 0 Å². The molecule has 7 nitrogen and oxygen atoms in total. The Hall–Kier alpha value is -4.79. The lowest BCUT2D eigenvalue weighted by Gasteiger charge is -2.26. The van der Waals surface area contributed by atoms with Crippen molar-refractivity contribution in [2.75, 3.05) is 12.0 Å². The number of carbonyl (C=O) groups is 3. The van der Waals surface area contributed by atoms with Gasteiger partial charge in [-0.25, -0.2) is 18.5 Å². The maximum Gasteiger partial charge on any atom is 0.335 e. The summed E-state index contributed by atoms with van der Waals surface area (Å²) in [4.78, 5) is 38.8. The molecule has 1 aliphatic heterocycles. The standard InChI is InChI=1S/C28H22F2N2O5/c1-3-5-19-12-18(15-24(36-2)25(19)37-16-17-6-4-7-21(30)13-17)14-23-26(33)31-28(35)32(27(23)34)22-10-8-20(29)9-11-22/h3-4,6-15H,1,5,16H2,2H3,(H,31,33,35)/b23-14+. The van der Waals surface area contributed by atoms with Crippen LogP contribution in [0, 0.1) is 11.6 Å². The Morgan fingerprint density at radius 2 is 1.76 bits per heavy atom. The molecule has 1 fully saturated rings. The number of hydrogen-bond donors (Lipinski definition) is 1. The van der Waals surface area contributed by atoms with Gasteiger partial charge in [0.15, 0.2) is 11.5 Å². The third-order valence-corrected chi connectivity index (χ3v) is 5.51. The van der Waals surface area contributed by atoms with Crippen molar-refractivity contribution in [1.29, 1.82) is 0 Å². The molecule has 0 unspecified atom stereocenters. The second kappa shape index (κ2) is 10.9. The lowest BCUT2D eigenvalue weighted by Crippen LogP contribution is -2.54. The number of allylic oxidation sites excluding steroid dienone is 1. The van der Waals surface area contributed by atoms with Crippen molar-refractivity contribution in [2.24, 2.45) is 0 Å². The number of hydrogen-bond acceptors (Lipinski definition) is 5. The van der Waals surface area contributed by atoms with Crippen molar-refractivity contribution >= 4 is 29.6 Å². The van der Waals surface area contributed by atoms with E-state index in [1.807, 2.05) is 0 Å². The monoisotopic (exact) mass is 504 g/mol. The average Bonchev–Trinajstić information content (AvgIpc) is 2.87. The number of benzene rings is 3. The van der Waals surface area contributed by atoms with Gasteiger partial charge in [-0.3, -0.25) is 14.9 Å². The smallest absolute Gasteiger partial charge is 0.335 e. The summed E-state index contributed by atoms with van der Waals surface area (Å²) in [5, 5.41) is 2.13. The van der Waals surface area contributed by atoms with E-state index in [1.165, 1.54) is 37.5 Å². The molecule has 0 bridgehead atoms. The number of ether oxygens (including phenoxy) is 2. The molecule has 9 heteroatoms. The van der Waals surface area contributed by atoms with Gasteiger partial charge < -0.3 is 9.47 Å². The summed E-state index contributed by atoms with van der Waals surface area (Å²) in [6.07, 6.45) is 3.34. The summed E-state index contributed by atoms with van der Waals surface area (Å²) < 4.78 is 38.3. The van der Waals surface area contributed by atoms with Gasteiger partial charge in [0.1, 0.15) is 23.8 Å². The predicted octanol–water partition coefficient (Wildman–Crippen LogP) is 4.95. The molecule has 3 aromatic rings. The highest BCUT2D eigenvalue weighted by Gasteiger charge is 2.36. The summed E-state index contributed by atoms with van der Waals surface area (Å²) in [6, 6.07) is 13.0.